The van der Waals surface area contributed by atoms with Crippen LogP contribution in [0.3, 0.4) is 0 Å². The molecule has 0 spiro atoms. The highest BCUT2D eigenvalue weighted by Gasteiger charge is 2.46. The smallest absolute Gasteiger partial charge is 0.309 e. The zero-order valence-corrected chi connectivity index (χ0v) is 16.7. The van der Waals surface area contributed by atoms with Gasteiger partial charge in [0.1, 0.15) is 0 Å². The second-order valence-electron chi connectivity index (χ2n) is 7.70. The first-order chi connectivity index (χ1) is 13.0. The van der Waals surface area contributed by atoms with Crippen molar-refractivity contribution in [2.24, 2.45) is 17.8 Å². The highest BCUT2D eigenvalue weighted by Crippen LogP contribution is 2.36. The summed E-state index contributed by atoms with van der Waals surface area (Å²) in [5.41, 5.74) is 0. The Hall–Kier alpha value is -1.59. The summed E-state index contributed by atoms with van der Waals surface area (Å²) in [4.78, 5) is 35.0. The quantitative estimate of drug-likeness (QED) is 0.334. The Morgan fingerprint density at radius 1 is 0.778 bits per heavy atom. The van der Waals surface area contributed by atoms with Crippen LogP contribution in [0.15, 0.2) is 0 Å². The van der Waals surface area contributed by atoms with E-state index in [1.54, 1.807) is 0 Å². The van der Waals surface area contributed by atoms with Crippen LogP contribution in [0.5, 0.6) is 0 Å². The van der Waals surface area contributed by atoms with Crippen molar-refractivity contribution in [3.05, 3.63) is 0 Å². The lowest BCUT2D eigenvalue weighted by atomic mass is 9.72. The standard InChI is InChI=1S/C21H36O6/c1-2-3-4-5-6-7-8-9-10-11-15-27-21(26)17-14-12-13-16(19(22)23)18(17)20(24)25/h16-18H,2-15H2,1H3,(H,22,23)(H,24,25). The molecule has 1 aliphatic carbocycles. The molecular weight excluding hydrogens is 348 g/mol. The van der Waals surface area contributed by atoms with Gasteiger partial charge in [-0.1, -0.05) is 71.1 Å². The maximum Gasteiger partial charge on any atom is 0.309 e. The molecule has 0 aromatic carbocycles. The van der Waals surface area contributed by atoms with Gasteiger partial charge in [-0.3, -0.25) is 14.4 Å². The second-order valence-corrected chi connectivity index (χ2v) is 7.70. The molecule has 0 aromatic rings. The fourth-order valence-corrected chi connectivity index (χ4v) is 3.95. The van der Waals surface area contributed by atoms with Gasteiger partial charge in [0.15, 0.2) is 0 Å². The first-order valence-corrected chi connectivity index (χ1v) is 10.6. The Kier molecular flexibility index (Phi) is 11.8. The van der Waals surface area contributed by atoms with Crippen LogP contribution < -0.4 is 0 Å². The number of hydrogen-bond acceptors (Lipinski definition) is 4. The molecule has 0 saturated heterocycles. The zero-order valence-electron chi connectivity index (χ0n) is 16.7. The van der Waals surface area contributed by atoms with Gasteiger partial charge < -0.3 is 14.9 Å². The molecule has 2 N–H and O–H groups in total. The van der Waals surface area contributed by atoms with Crippen molar-refractivity contribution < 1.29 is 29.3 Å². The van der Waals surface area contributed by atoms with Crippen LogP contribution in [-0.4, -0.2) is 34.7 Å². The maximum absolute atomic E-state index is 12.3. The molecule has 6 heteroatoms. The lowest BCUT2D eigenvalue weighted by molar-refractivity contribution is -0.167. The highest BCUT2D eigenvalue weighted by atomic mass is 16.5. The van der Waals surface area contributed by atoms with Gasteiger partial charge in [0.05, 0.1) is 24.4 Å². The molecule has 1 fully saturated rings. The van der Waals surface area contributed by atoms with Crippen LogP contribution in [0.2, 0.25) is 0 Å². The second kappa shape index (κ2) is 13.6. The summed E-state index contributed by atoms with van der Waals surface area (Å²) in [6.45, 7) is 2.50. The molecule has 0 bridgehead atoms. The lowest BCUT2D eigenvalue weighted by Crippen LogP contribution is -2.42. The molecule has 0 radical (unpaired) electrons. The van der Waals surface area contributed by atoms with E-state index in [0.29, 0.717) is 19.3 Å². The van der Waals surface area contributed by atoms with E-state index in [9.17, 15) is 24.6 Å². The van der Waals surface area contributed by atoms with Crippen molar-refractivity contribution in [2.75, 3.05) is 6.61 Å². The molecule has 27 heavy (non-hydrogen) atoms. The average Bonchev–Trinajstić information content (AvgIpc) is 2.65. The zero-order chi connectivity index (χ0) is 20.1. The van der Waals surface area contributed by atoms with Crippen molar-refractivity contribution in [2.45, 2.75) is 90.4 Å². The van der Waals surface area contributed by atoms with Crippen LogP contribution >= 0.6 is 0 Å². The fraction of sp³-hybridized carbons (Fsp3) is 0.857. The number of rotatable bonds is 14. The van der Waals surface area contributed by atoms with Gasteiger partial charge in [0.25, 0.3) is 0 Å². The molecule has 0 aliphatic heterocycles. The summed E-state index contributed by atoms with van der Waals surface area (Å²) in [7, 11) is 0. The van der Waals surface area contributed by atoms with Crippen molar-refractivity contribution >= 4 is 17.9 Å². The van der Waals surface area contributed by atoms with E-state index >= 15 is 0 Å². The van der Waals surface area contributed by atoms with Crippen LogP contribution in [0.1, 0.15) is 90.4 Å². The number of hydrogen-bond donors (Lipinski definition) is 2. The highest BCUT2D eigenvalue weighted by molar-refractivity contribution is 5.86. The SMILES string of the molecule is CCCCCCCCCCCCOC(=O)C1CCCC(C(=O)O)C1C(=O)O. The number of esters is 1. The predicted octanol–water partition coefficient (Wildman–Crippen LogP) is 4.65. The molecule has 156 valence electrons. The number of unbranched alkanes of at least 4 members (excludes halogenated alkanes) is 9. The number of ether oxygens (including phenoxy) is 1. The third-order valence-electron chi connectivity index (χ3n) is 5.54. The Balaban J connectivity index is 2.20. The molecule has 3 atom stereocenters. The van der Waals surface area contributed by atoms with E-state index in [1.807, 2.05) is 0 Å². The fourth-order valence-electron chi connectivity index (χ4n) is 3.95. The number of carboxylic acids is 2. The van der Waals surface area contributed by atoms with Gasteiger partial charge in [-0.05, 0) is 19.3 Å². The molecule has 0 aromatic heterocycles. The molecule has 3 unspecified atom stereocenters. The van der Waals surface area contributed by atoms with E-state index < -0.39 is 35.7 Å². The van der Waals surface area contributed by atoms with E-state index in [2.05, 4.69) is 6.92 Å². The minimum absolute atomic E-state index is 0.288. The van der Waals surface area contributed by atoms with E-state index in [1.165, 1.54) is 44.9 Å². The van der Waals surface area contributed by atoms with Gasteiger partial charge in [-0.25, -0.2) is 0 Å². The molecule has 0 amide bonds. The number of carboxylic acid groups (broad SMARTS) is 2. The Bertz CT molecular complexity index is 462. The van der Waals surface area contributed by atoms with Crippen LogP contribution in [0.4, 0.5) is 0 Å². The van der Waals surface area contributed by atoms with Gasteiger partial charge in [0, 0.05) is 0 Å². The Morgan fingerprint density at radius 2 is 1.30 bits per heavy atom. The summed E-state index contributed by atoms with van der Waals surface area (Å²) in [5.74, 6) is -5.95. The molecule has 1 aliphatic rings. The largest absolute Gasteiger partial charge is 0.481 e. The maximum atomic E-state index is 12.3. The third kappa shape index (κ3) is 8.76. The minimum atomic E-state index is -1.22. The number of carbonyl (C=O) groups is 3. The molecular formula is C21H36O6. The van der Waals surface area contributed by atoms with Crippen molar-refractivity contribution in [3.63, 3.8) is 0 Å². The predicted molar refractivity (Wildman–Crippen MR) is 102 cm³/mol. The van der Waals surface area contributed by atoms with Gasteiger partial charge in [0.2, 0.25) is 0 Å². The van der Waals surface area contributed by atoms with Crippen LogP contribution in [-0.2, 0) is 19.1 Å². The first kappa shape index (κ1) is 23.4. The van der Waals surface area contributed by atoms with E-state index in [4.69, 9.17) is 4.74 Å². The molecule has 1 rings (SSSR count). The Morgan fingerprint density at radius 3 is 1.81 bits per heavy atom. The van der Waals surface area contributed by atoms with Gasteiger partial charge >= 0.3 is 17.9 Å². The van der Waals surface area contributed by atoms with Crippen molar-refractivity contribution in [1.29, 1.82) is 0 Å². The normalized spacial score (nSPS) is 22.3. The summed E-state index contributed by atoms with van der Waals surface area (Å²) < 4.78 is 5.27. The van der Waals surface area contributed by atoms with Gasteiger partial charge in [-0.2, -0.15) is 0 Å². The summed E-state index contributed by atoms with van der Waals surface area (Å²) in [6, 6.07) is 0. The summed E-state index contributed by atoms with van der Waals surface area (Å²) in [5, 5.41) is 18.6. The minimum Gasteiger partial charge on any atom is -0.481 e. The Labute approximate surface area is 162 Å². The summed E-state index contributed by atoms with van der Waals surface area (Å²) >= 11 is 0. The average molecular weight is 385 g/mol. The van der Waals surface area contributed by atoms with Crippen LogP contribution in [0, 0.1) is 17.8 Å². The monoisotopic (exact) mass is 384 g/mol. The summed E-state index contributed by atoms with van der Waals surface area (Å²) in [6.07, 6.45) is 13.1. The van der Waals surface area contributed by atoms with E-state index in [-0.39, 0.29) is 6.61 Å². The van der Waals surface area contributed by atoms with E-state index in [0.717, 1.165) is 19.3 Å². The van der Waals surface area contributed by atoms with Gasteiger partial charge in [-0.15, -0.1) is 0 Å². The molecule has 6 nitrogen and oxygen atoms in total. The van der Waals surface area contributed by atoms with Crippen molar-refractivity contribution in [3.8, 4) is 0 Å². The number of aliphatic carboxylic acids is 2. The first-order valence-electron chi connectivity index (χ1n) is 10.6. The topological polar surface area (TPSA) is 101 Å². The molecule has 1 saturated carbocycles. The lowest BCUT2D eigenvalue weighted by Gasteiger charge is -2.31. The third-order valence-corrected chi connectivity index (χ3v) is 5.54. The molecule has 0 heterocycles. The van der Waals surface area contributed by atoms with Crippen molar-refractivity contribution in [1.82, 2.24) is 0 Å². The number of carbonyl (C=O) groups excluding carboxylic acids is 1. The van der Waals surface area contributed by atoms with Crippen LogP contribution in [0.25, 0.3) is 0 Å².